The summed E-state index contributed by atoms with van der Waals surface area (Å²) >= 11 is 5.47. The highest BCUT2D eigenvalue weighted by Gasteiger charge is 2.18. The molecular weight excluding hydrogens is 148 g/mol. The molecule has 1 aliphatic rings. The van der Waals surface area contributed by atoms with E-state index in [9.17, 15) is 0 Å². The Morgan fingerprint density at radius 1 is 1.60 bits per heavy atom. The van der Waals surface area contributed by atoms with E-state index >= 15 is 0 Å². The van der Waals surface area contributed by atoms with Gasteiger partial charge in [0.25, 0.3) is 0 Å². The van der Waals surface area contributed by atoms with Crippen LogP contribution in [0.2, 0.25) is 0 Å². The smallest absolute Gasteiger partial charge is 0.0760 e. The molecule has 1 fully saturated rings. The number of halogens is 1. The van der Waals surface area contributed by atoms with Crippen molar-refractivity contribution in [3.05, 3.63) is 12.2 Å². The lowest BCUT2D eigenvalue weighted by atomic mass is 10.2. The second kappa shape index (κ2) is 3.99. The summed E-state index contributed by atoms with van der Waals surface area (Å²) in [6, 6.07) is 0. The molecule has 1 aliphatic heterocycles. The zero-order valence-electron chi connectivity index (χ0n) is 6.22. The molecule has 0 amide bonds. The average molecular weight is 161 g/mol. The standard InChI is InChI=1S/C8H13ClO/c1-7-4-5-8(10-7)3-2-6-9/h2-3,7-8H,4-6H2,1H3/b3-2+. The van der Waals surface area contributed by atoms with Gasteiger partial charge in [-0.15, -0.1) is 11.6 Å². The Balaban J connectivity index is 2.24. The Hall–Kier alpha value is -0.0100. The van der Waals surface area contributed by atoms with Gasteiger partial charge in [0, 0.05) is 5.88 Å². The third kappa shape index (κ3) is 2.31. The molecule has 1 saturated heterocycles. The van der Waals surface area contributed by atoms with E-state index in [1.54, 1.807) is 0 Å². The van der Waals surface area contributed by atoms with Crippen molar-refractivity contribution in [1.29, 1.82) is 0 Å². The molecule has 1 nitrogen and oxygen atoms in total. The van der Waals surface area contributed by atoms with Crippen molar-refractivity contribution < 1.29 is 4.74 Å². The Kier molecular flexibility index (Phi) is 3.23. The van der Waals surface area contributed by atoms with Gasteiger partial charge in [0.2, 0.25) is 0 Å². The lowest BCUT2D eigenvalue weighted by Gasteiger charge is -2.03. The van der Waals surface area contributed by atoms with Crippen LogP contribution in [-0.2, 0) is 4.74 Å². The van der Waals surface area contributed by atoms with E-state index in [1.807, 2.05) is 6.08 Å². The Morgan fingerprint density at radius 3 is 2.90 bits per heavy atom. The third-order valence-corrected chi connectivity index (χ3v) is 1.88. The molecule has 0 aromatic rings. The van der Waals surface area contributed by atoms with E-state index in [4.69, 9.17) is 16.3 Å². The van der Waals surface area contributed by atoms with Crippen molar-refractivity contribution in [2.24, 2.45) is 0 Å². The maximum Gasteiger partial charge on any atom is 0.0760 e. The summed E-state index contributed by atoms with van der Waals surface area (Å²) in [4.78, 5) is 0. The maximum atomic E-state index is 5.52. The van der Waals surface area contributed by atoms with E-state index in [0.717, 1.165) is 6.42 Å². The summed E-state index contributed by atoms with van der Waals surface area (Å²) in [5, 5.41) is 0. The van der Waals surface area contributed by atoms with Crippen LogP contribution in [-0.4, -0.2) is 18.1 Å². The number of rotatable bonds is 2. The summed E-state index contributed by atoms with van der Waals surface area (Å²) in [6.45, 7) is 2.11. The zero-order chi connectivity index (χ0) is 7.40. The normalized spacial score (nSPS) is 33.8. The van der Waals surface area contributed by atoms with Gasteiger partial charge in [-0.1, -0.05) is 12.2 Å². The monoisotopic (exact) mass is 160 g/mol. The van der Waals surface area contributed by atoms with Gasteiger partial charge in [-0.05, 0) is 19.8 Å². The molecule has 0 spiro atoms. The summed E-state index contributed by atoms with van der Waals surface area (Å²) < 4.78 is 5.52. The number of ether oxygens (including phenoxy) is 1. The molecule has 0 radical (unpaired) electrons. The lowest BCUT2D eigenvalue weighted by Crippen LogP contribution is -2.04. The molecule has 0 saturated carbocycles. The molecule has 2 heteroatoms. The predicted octanol–water partition coefficient (Wildman–Crippen LogP) is 2.35. The van der Waals surface area contributed by atoms with Crippen LogP contribution in [0.15, 0.2) is 12.2 Å². The van der Waals surface area contributed by atoms with Crippen molar-refractivity contribution in [3.8, 4) is 0 Å². The van der Waals surface area contributed by atoms with Crippen LogP contribution in [0, 0.1) is 0 Å². The number of allylic oxidation sites excluding steroid dienone is 1. The molecule has 58 valence electrons. The van der Waals surface area contributed by atoms with E-state index < -0.39 is 0 Å². The van der Waals surface area contributed by atoms with Crippen molar-refractivity contribution in [3.63, 3.8) is 0 Å². The highest BCUT2D eigenvalue weighted by Crippen LogP contribution is 2.19. The Morgan fingerprint density at radius 2 is 2.40 bits per heavy atom. The van der Waals surface area contributed by atoms with Crippen LogP contribution in [0.25, 0.3) is 0 Å². The van der Waals surface area contributed by atoms with Gasteiger partial charge in [-0.2, -0.15) is 0 Å². The van der Waals surface area contributed by atoms with E-state index in [2.05, 4.69) is 13.0 Å². The van der Waals surface area contributed by atoms with Crippen molar-refractivity contribution >= 4 is 11.6 Å². The fourth-order valence-electron chi connectivity index (χ4n) is 1.18. The first-order valence-corrected chi connectivity index (χ1v) is 4.24. The van der Waals surface area contributed by atoms with Gasteiger partial charge in [-0.3, -0.25) is 0 Å². The highest BCUT2D eigenvalue weighted by atomic mass is 35.5. The minimum atomic E-state index is 0.328. The molecule has 0 bridgehead atoms. The Labute approximate surface area is 67.0 Å². The van der Waals surface area contributed by atoms with Gasteiger partial charge in [-0.25, -0.2) is 0 Å². The van der Waals surface area contributed by atoms with Gasteiger partial charge < -0.3 is 4.74 Å². The summed E-state index contributed by atoms with van der Waals surface area (Å²) in [6.07, 6.45) is 7.09. The van der Waals surface area contributed by atoms with Crippen LogP contribution in [0.1, 0.15) is 19.8 Å². The summed E-state index contributed by atoms with van der Waals surface area (Å²) in [5.41, 5.74) is 0. The molecule has 0 aliphatic carbocycles. The highest BCUT2D eigenvalue weighted by molar-refractivity contribution is 6.18. The minimum Gasteiger partial charge on any atom is -0.371 e. The van der Waals surface area contributed by atoms with Gasteiger partial charge in [0.05, 0.1) is 12.2 Å². The van der Waals surface area contributed by atoms with Crippen LogP contribution in [0.4, 0.5) is 0 Å². The van der Waals surface area contributed by atoms with Gasteiger partial charge >= 0.3 is 0 Å². The molecule has 1 rings (SSSR count). The Bertz CT molecular complexity index is 122. The molecule has 0 N–H and O–H groups in total. The van der Waals surface area contributed by atoms with Crippen LogP contribution in [0.5, 0.6) is 0 Å². The van der Waals surface area contributed by atoms with Crippen molar-refractivity contribution in [2.45, 2.75) is 32.0 Å². The molecule has 0 aromatic carbocycles. The summed E-state index contributed by atoms with van der Waals surface area (Å²) in [7, 11) is 0. The van der Waals surface area contributed by atoms with Gasteiger partial charge in [0.1, 0.15) is 0 Å². The molecule has 2 atom stereocenters. The van der Waals surface area contributed by atoms with Gasteiger partial charge in [0.15, 0.2) is 0 Å². The fourth-order valence-corrected chi connectivity index (χ4v) is 1.28. The molecule has 0 aromatic heterocycles. The van der Waals surface area contributed by atoms with Crippen LogP contribution < -0.4 is 0 Å². The minimum absolute atomic E-state index is 0.328. The van der Waals surface area contributed by atoms with Crippen LogP contribution in [0.3, 0.4) is 0 Å². The first-order chi connectivity index (χ1) is 4.83. The van der Waals surface area contributed by atoms with E-state index in [-0.39, 0.29) is 0 Å². The number of alkyl halides is 1. The summed E-state index contributed by atoms with van der Waals surface area (Å²) in [5.74, 6) is 0.592. The first kappa shape index (κ1) is 8.09. The maximum absolute atomic E-state index is 5.52. The molecule has 2 unspecified atom stereocenters. The van der Waals surface area contributed by atoms with Crippen molar-refractivity contribution in [2.75, 3.05) is 5.88 Å². The molecular formula is C8H13ClO. The van der Waals surface area contributed by atoms with Crippen LogP contribution >= 0.6 is 11.6 Å². The first-order valence-electron chi connectivity index (χ1n) is 3.71. The SMILES string of the molecule is CC1CCC(/C=C/CCl)O1. The largest absolute Gasteiger partial charge is 0.371 e. The second-order valence-electron chi connectivity index (χ2n) is 2.64. The zero-order valence-corrected chi connectivity index (χ0v) is 6.97. The molecule has 10 heavy (non-hydrogen) atoms. The fraction of sp³-hybridized carbons (Fsp3) is 0.750. The average Bonchev–Trinajstić information content (AvgIpc) is 2.31. The van der Waals surface area contributed by atoms with E-state index in [1.165, 1.54) is 6.42 Å². The molecule has 1 heterocycles. The topological polar surface area (TPSA) is 9.23 Å². The number of hydrogen-bond acceptors (Lipinski definition) is 1. The van der Waals surface area contributed by atoms with E-state index in [0.29, 0.717) is 18.1 Å². The predicted molar refractivity (Wildman–Crippen MR) is 43.4 cm³/mol. The quantitative estimate of drug-likeness (QED) is 0.445. The van der Waals surface area contributed by atoms with Crippen molar-refractivity contribution in [1.82, 2.24) is 0 Å². The third-order valence-electron chi connectivity index (χ3n) is 1.70. The number of hydrogen-bond donors (Lipinski definition) is 0. The lowest BCUT2D eigenvalue weighted by molar-refractivity contribution is 0.0833. The second-order valence-corrected chi connectivity index (χ2v) is 2.95.